The average molecular weight is 386 g/mol. The van der Waals surface area contributed by atoms with Gasteiger partial charge in [0.1, 0.15) is 6.54 Å². The lowest BCUT2D eigenvalue weighted by atomic mass is 10.1. The molecule has 1 aromatic carbocycles. The fourth-order valence-electron chi connectivity index (χ4n) is 3.38. The first-order chi connectivity index (χ1) is 13.3. The molecule has 1 N–H and O–H groups in total. The number of hydrogen-bond acceptors (Lipinski definition) is 5. The largest absolute Gasteiger partial charge is 0.334 e. The lowest BCUT2D eigenvalue weighted by Gasteiger charge is -2.29. The van der Waals surface area contributed by atoms with Crippen LogP contribution in [0.5, 0.6) is 0 Å². The van der Waals surface area contributed by atoms with E-state index in [-0.39, 0.29) is 18.9 Å². The number of para-hydroxylation sites is 2. The number of imide groups is 2. The molecule has 1 aromatic rings. The second-order valence-electron chi connectivity index (χ2n) is 6.87. The van der Waals surface area contributed by atoms with E-state index in [9.17, 15) is 24.0 Å². The van der Waals surface area contributed by atoms with E-state index >= 15 is 0 Å². The van der Waals surface area contributed by atoms with Crippen molar-refractivity contribution in [1.82, 2.24) is 9.80 Å². The third-order valence-corrected chi connectivity index (χ3v) is 4.79. The maximum absolute atomic E-state index is 13.0. The van der Waals surface area contributed by atoms with Gasteiger partial charge in [0.25, 0.3) is 0 Å². The van der Waals surface area contributed by atoms with Crippen LogP contribution in [0.2, 0.25) is 0 Å². The van der Waals surface area contributed by atoms with Crippen molar-refractivity contribution >= 4 is 41.0 Å². The zero-order valence-electron chi connectivity index (χ0n) is 15.8. The van der Waals surface area contributed by atoms with Crippen LogP contribution in [-0.2, 0) is 19.2 Å². The van der Waals surface area contributed by atoms with Crippen molar-refractivity contribution in [2.75, 3.05) is 23.3 Å². The van der Waals surface area contributed by atoms with E-state index in [1.165, 1.54) is 4.90 Å². The second-order valence-corrected chi connectivity index (χ2v) is 6.87. The molecule has 1 fully saturated rings. The Kier molecular flexibility index (Phi) is 5.43. The Balaban J connectivity index is 1.84. The van der Waals surface area contributed by atoms with E-state index in [4.69, 9.17) is 0 Å². The molecule has 2 aliphatic rings. The Bertz CT molecular complexity index is 852. The van der Waals surface area contributed by atoms with Crippen LogP contribution < -0.4 is 10.2 Å². The number of nitrogens with one attached hydrogen (secondary N) is 1. The summed E-state index contributed by atoms with van der Waals surface area (Å²) >= 11 is 0. The molecule has 0 bridgehead atoms. The van der Waals surface area contributed by atoms with Gasteiger partial charge in [-0.1, -0.05) is 25.5 Å². The maximum atomic E-state index is 13.0. The van der Waals surface area contributed by atoms with E-state index in [0.717, 1.165) is 11.3 Å². The highest BCUT2D eigenvalue weighted by atomic mass is 16.2. The van der Waals surface area contributed by atoms with Gasteiger partial charge in [-0.2, -0.15) is 0 Å². The van der Waals surface area contributed by atoms with Gasteiger partial charge in [-0.3, -0.25) is 24.1 Å². The lowest BCUT2D eigenvalue weighted by molar-refractivity contribution is -0.143. The molecular formula is C19H22N4O5. The number of anilines is 2. The van der Waals surface area contributed by atoms with Gasteiger partial charge in [-0.05, 0) is 25.5 Å². The number of rotatable bonds is 5. The van der Waals surface area contributed by atoms with E-state index in [0.29, 0.717) is 22.7 Å². The molecule has 28 heavy (non-hydrogen) atoms. The molecule has 148 valence electrons. The smallest absolute Gasteiger partial charge is 0.324 e. The van der Waals surface area contributed by atoms with E-state index in [2.05, 4.69) is 5.32 Å². The number of amides is 6. The van der Waals surface area contributed by atoms with E-state index < -0.39 is 36.3 Å². The molecule has 0 aromatic heterocycles. The zero-order chi connectivity index (χ0) is 20.4. The van der Waals surface area contributed by atoms with Crippen LogP contribution in [0.1, 0.15) is 33.1 Å². The maximum Gasteiger partial charge on any atom is 0.334 e. The fourth-order valence-corrected chi connectivity index (χ4v) is 3.38. The van der Waals surface area contributed by atoms with Crippen molar-refractivity contribution in [1.29, 1.82) is 0 Å². The molecule has 0 radical (unpaired) electrons. The van der Waals surface area contributed by atoms with Crippen LogP contribution in [0.4, 0.5) is 16.2 Å². The molecule has 2 heterocycles. The summed E-state index contributed by atoms with van der Waals surface area (Å²) in [6, 6.07) is 5.56. The molecule has 9 heteroatoms. The quantitative estimate of drug-likeness (QED) is 0.607. The monoisotopic (exact) mass is 386 g/mol. The number of carbonyl (C=O) groups excluding carboxylic acids is 5. The molecule has 3 rings (SSSR count). The Hall–Kier alpha value is -3.23. The Morgan fingerprint density at radius 3 is 2.50 bits per heavy atom. The number of nitrogens with zero attached hydrogens (tertiary/aromatic N) is 3. The van der Waals surface area contributed by atoms with Gasteiger partial charge in [0.05, 0.1) is 11.4 Å². The summed E-state index contributed by atoms with van der Waals surface area (Å²) in [7, 11) is 0. The first-order valence-electron chi connectivity index (χ1n) is 9.23. The Morgan fingerprint density at radius 1 is 1.11 bits per heavy atom. The van der Waals surface area contributed by atoms with Crippen molar-refractivity contribution < 1.29 is 24.0 Å². The number of hydrogen-bond donors (Lipinski definition) is 1. The predicted octanol–water partition coefficient (Wildman–Crippen LogP) is 1.34. The molecule has 0 spiro atoms. The minimum Gasteiger partial charge on any atom is -0.324 e. The summed E-state index contributed by atoms with van der Waals surface area (Å²) in [5.41, 5.74) is 0.962. The number of urea groups is 1. The van der Waals surface area contributed by atoms with Gasteiger partial charge in [0.2, 0.25) is 11.8 Å². The van der Waals surface area contributed by atoms with E-state index in [1.54, 1.807) is 31.2 Å². The molecule has 9 nitrogen and oxygen atoms in total. The van der Waals surface area contributed by atoms with Crippen molar-refractivity contribution in [2.24, 2.45) is 0 Å². The first-order valence-corrected chi connectivity index (χ1v) is 9.23. The zero-order valence-corrected chi connectivity index (χ0v) is 15.8. The summed E-state index contributed by atoms with van der Waals surface area (Å²) in [4.78, 5) is 64.8. The molecular weight excluding hydrogens is 364 g/mol. The van der Waals surface area contributed by atoms with Gasteiger partial charge < -0.3 is 10.2 Å². The number of unbranched alkanes of at least 4 members (excludes halogenated alkanes) is 1. The summed E-state index contributed by atoms with van der Waals surface area (Å²) in [5, 5.41) is 2.74. The van der Waals surface area contributed by atoms with Gasteiger partial charge >= 0.3 is 17.8 Å². The highest BCUT2D eigenvalue weighted by Gasteiger charge is 2.45. The van der Waals surface area contributed by atoms with Crippen molar-refractivity contribution in [3.63, 3.8) is 0 Å². The van der Waals surface area contributed by atoms with Crippen molar-refractivity contribution in [2.45, 2.75) is 39.2 Å². The van der Waals surface area contributed by atoms with Crippen LogP contribution in [0.3, 0.4) is 0 Å². The predicted molar refractivity (Wildman–Crippen MR) is 100 cm³/mol. The van der Waals surface area contributed by atoms with Gasteiger partial charge in [-0.15, -0.1) is 0 Å². The summed E-state index contributed by atoms with van der Waals surface area (Å²) in [6.07, 6.45) is 1.41. The molecule has 6 amide bonds. The summed E-state index contributed by atoms with van der Waals surface area (Å²) in [6.45, 7) is 3.21. The summed E-state index contributed by atoms with van der Waals surface area (Å²) < 4.78 is 0. The van der Waals surface area contributed by atoms with Gasteiger partial charge in [-0.25, -0.2) is 9.69 Å². The molecule has 0 unspecified atom stereocenters. The number of carbonyl (C=O) groups is 5. The van der Waals surface area contributed by atoms with Crippen LogP contribution >= 0.6 is 0 Å². The molecule has 0 aliphatic carbocycles. The molecule has 1 atom stereocenters. The first kappa shape index (κ1) is 19.5. The van der Waals surface area contributed by atoms with Crippen LogP contribution in [0.25, 0.3) is 0 Å². The number of benzene rings is 1. The third kappa shape index (κ3) is 3.47. The lowest BCUT2D eigenvalue weighted by Crippen LogP contribution is -2.47. The second kappa shape index (κ2) is 7.79. The van der Waals surface area contributed by atoms with Crippen molar-refractivity contribution in [3.05, 3.63) is 24.3 Å². The Morgan fingerprint density at radius 2 is 1.79 bits per heavy atom. The SMILES string of the molecule is CCCCN1C(=O)C(=O)N(CC(=O)N2c3ccccc3NC(=O)C[C@H]2C)C1=O. The average Bonchev–Trinajstić information content (AvgIpc) is 2.78. The molecule has 0 saturated carbocycles. The minimum atomic E-state index is -1.00. The van der Waals surface area contributed by atoms with Crippen molar-refractivity contribution in [3.8, 4) is 0 Å². The topological polar surface area (TPSA) is 107 Å². The minimum absolute atomic E-state index is 0.0733. The Labute approximate surface area is 162 Å². The fraction of sp³-hybridized carbons (Fsp3) is 0.421. The van der Waals surface area contributed by atoms with E-state index in [1.807, 2.05) is 6.92 Å². The van der Waals surface area contributed by atoms with Gasteiger partial charge in [0.15, 0.2) is 0 Å². The number of fused-ring (bicyclic) bond motifs is 1. The highest BCUT2D eigenvalue weighted by molar-refractivity contribution is 6.45. The molecule has 1 saturated heterocycles. The third-order valence-electron chi connectivity index (χ3n) is 4.79. The van der Waals surface area contributed by atoms with Crippen LogP contribution in [-0.4, -0.2) is 58.6 Å². The highest BCUT2D eigenvalue weighted by Crippen LogP contribution is 2.31. The summed E-state index contributed by atoms with van der Waals surface area (Å²) in [5.74, 6) is -2.68. The normalized spacial score (nSPS) is 19.6. The molecule has 2 aliphatic heterocycles. The van der Waals surface area contributed by atoms with Gasteiger partial charge in [0, 0.05) is 19.0 Å². The van der Waals surface area contributed by atoms with Crippen LogP contribution in [0, 0.1) is 0 Å². The van der Waals surface area contributed by atoms with Crippen LogP contribution in [0.15, 0.2) is 24.3 Å². The standard InChI is InChI=1S/C19H22N4O5/c1-3-4-9-21-17(26)18(27)22(19(21)28)11-16(25)23-12(2)10-15(24)20-13-7-5-6-8-14(13)23/h5-8,12H,3-4,9-11H2,1-2H3,(H,20,24)/t12-/m1/s1.